The van der Waals surface area contributed by atoms with Gasteiger partial charge in [-0.1, -0.05) is 43.7 Å². The molecule has 2 aromatic heterocycles. The second kappa shape index (κ2) is 8.75. The highest BCUT2D eigenvalue weighted by Gasteiger charge is 2.31. The van der Waals surface area contributed by atoms with Crippen molar-refractivity contribution in [3.63, 3.8) is 0 Å². The molecule has 0 radical (unpaired) electrons. The molecule has 162 valence electrons. The van der Waals surface area contributed by atoms with Gasteiger partial charge >= 0.3 is 0 Å². The molecule has 1 unspecified atom stereocenters. The van der Waals surface area contributed by atoms with Crippen LogP contribution in [-0.4, -0.2) is 14.3 Å². The van der Waals surface area contributed by atoms with Crippen LogP contribution in [0.4, 0.5) is 5.69 Å². The van der Waals surface area contributed by atoms with Crippen molar-refractivity contribution in [3.8, 4) is 0 Å². The van der Waals surface area contributed by atoms with Crippen LogP contribution in [0, 0.1) is 6.92 Å². The third-order valence-electron chi connectivity index (χ3n) is 5.79. The molecule has 3 aromatic rings. The summed E-state index contributed by atoms with van der Waals surface area (Å²) in [6, 6.07) is 10.1. The molecule has 4 rings (SSSR count). The molecule has 2 heterocycles. The van der Waals surface area contributed by atoms with Crippen molar-refractivity contribution in [1.82, 2.24) is 14.3 Å². The van der Waals surface area contributed by atoms with Crippen LogP contribution in [0.1, 0.15) is 67.1 Å². The first-order valence-corrected chi connectivity index (χ1v) is 11.2. The van der Waals surface area contributed by atoms with Gasteiger partial charge in [-0.15, -0.1) is 0 Å². The predicted molar refractivity (Wildman–Crippen MR) is 128 cm³/mol. The largest absolute Gasteiger partial charge is 0.373 e. The Morgan fingerprint density at radius 3 is 2.65 bits per heavy atom. The standard InChI is InChI=1S/C25H29ClN4O/c1-5-6-16(2)24-22(14-27-30(24)21-11-12-21)23(18-7-9-19(26)10-8-18)28-20-13-17(3)25(31)29(4)15-20/h7-10,13-15,21,23,28H,2,5-6,11-12H2,1,3-4H3. The highest BCUT2D eigenvalue weighted by atomic mass is 35.5. The van der Waals surface area contributed by atoms with Crippen molar-refractivity contribution in [2.45, 2.75) is 51.6 Å². The van der Waals surface area contributed by atoms with Crippen molar-refractivity contribution < 1.29 is 0 Å². The third-order valence-corrected chi connectivity index (χ3v) is 6.04. The Morgan fingerprint density at radius 1 is 1.32 bits per heavy atom. The topological polar surface area (TPSA) is 51.9 Å². The second-order valence-electron chi connectivity index (χ2n) is 8.43. The minimum atomic E-state index is -0.148. The van der Waals surface area contributed by atoms with E-state index < -0.39 is 0 Å². The third kappa shape index (κ3) is 4.47. The maximum Gasteiger partial charge on any atom is 0.253 e. The molecule has 1 N–H and O–H groups in total. The van der Waals surface area contributed by atoms with Crippen LogP contribution in [0.15, 0.2) is 54.1 Å². The Bertz CT molecular complexity index is 1130. The number of hydrogen-bond acceptors (Lipinski definition) is 3. The molecular weight excluding hydrogens is 408 g/mol. The average Bonchev–Trinajstić information content (AvgIpc) is 3.49. The number of benzene rings is 1. The summed E-state index contributed by atoms with van der Waals surface area (Å²) in [5.41, 5.74) is 6.00. The zero-order chi connectivity index (χ0) is 22.1. The normalized spacial score (nSPS) is 14.5. The summed E-state index contributed by atoms with van der Waals surface area (Å²) in [5.74, 6) is 0. The molecule has 1 atom stereocenters. The van der Waals surface area contributed by atoms with E-state index in [-0.39, 0.29) is 11.6 Å². The molecule has 6 heteroatoms. The van der Waals surface area contributed by atoms with Crippen LogP contribution >= 0.6 is 11.6 Å². The highest BCUT2D eigenvalue weighted by molar-refractivity contribution is 6.30. The zero-order valence-corrected chi connectivity index (χ0v) is 19.1. The maximum atomic E-state index is 12.2. The number of aryl methyl sites for hydroxylation is 2. The predicted octanol–water partition coefficient (Wildman–Crippen LogP) is 5.89. The first-order chi connectivity index (χ1) is 14.9. The number of nitrogens with one attached hydrogen (secondary N) is 1. The summed E-state index contributed by atoms with van der Waals surface area (Å²) in [7, 11) is 1.78. The van der Waals surface area contributed by atoms with Gasteiger partial charge in [-0.3, -0.25) is 9.48 Å². The van der Waals surface area contributed by atoms with E-state index >= 15 is 0 Å². The lowest BCUT2D eigenvalue weighted by molar-refractivity contribution is 0.629. The molecule has 0 saturated heterocycles. The minimum absolute atomic E-state index is 0.00663. The number of rotatable bonds is 8. The van der Waals surface area contributed by atoms with E-state index in [2.05, 4.69) is 23.5 Å². The monoisotopic (exact) mass is 436 g/mol. The van der Waals surface area contributed by atoms with Gasteiger partial charge in [-0.05, 0) is 55.5 Å². The fourth-order valence-corrected chi connectivity index (χ4v) is 4.21. The zero-order valence-electron chi connectivity index (χ0n) is 18.4. The molecule has 1 aliphatic carbocycles. The number of allylic oxidation sites excluding steroid dienone is 1. The summed E-state index contributed by atoms with van der Waals surface area (Å²) in [6.07, 6.45) is 8.09. The lowest BCUT2D eigenvalue weighted by Crippen LogP contribution is -2.21. The first kappa shape index (κ1) is 21.4. The summed E-state index contributed by atoms with van der Waals surface area (Å²) in [5, 5.41) is 9.12. The molecule has 0 bridgehead atoms. The van der Waals surface area contributed by atoms with Crippen LogP contribution in [0.25, 0.3) is 5.57 Å². The van der Waals surface area contributed by atoms with Crippen LogP contribution in [0.5, 0.6) is 0 Å². The molecule has 1 fully saturated rings. The number of pyridine rings is 1. The van der Waals surface area contributed by atoms with Gasteiger partial charge in [0.05, 0.1) is 29.7 Å². The number of aromatic nitrogens is 3. The Balaban J connectivity index is 1.83. The smallest absolute Gasteiger partial charge is 0.253 e. The van der Waals surface area contributed by atoms with Crippen molar-refractivity contribution in [2.24, 2.45) is 7.05 Å². The quantitative estimate of drug-likeness (QED) is 0.478. The van der Waals surface area contributed by atoms with Crippen molar-refractivity contribution in [1.29, 1.82) is 0 Å². The number of hydrogen-bond donors (Lipinski definition) is 1. The van der Waals surface area contributed by atoms with E-state index in [1.54, 1.807) is 11.6 Å². The fraction of sp³-hybridized carbons (Fsp3) is 0.360. The highest BCUT2D eigenvalue weighted by Crippen LogP contribution is 2.41. The molecule has 0 spiro atoms. The Kier molecular flexibility index (Phi) is 6.05. The van der Waals surface area contributed by atoms with E-state index in [9.17, 15) is 4.79 Å². The lowest BCUT2D eigenvalue weighted by atomic mass is 9.95. The van der Waals surface area contributed by atoms with E-state index in [1.165, 1.54) is 0 Å². The molecule has 5 nitrogen and oxygen atoms in total. The molecule has 1 saturated carbocycles. The van der Waals surface area contributed by atoms with Crippen molar-refractivity contribution >= 4 is 22.9 Å². The van der Waals surface area contributed by atoms with Crippen LogP contribution < -0.4 is 10.9 Å². The Morgan fingerprint density at radius 2 is 2.03 bits per heavy atom. The second-order valence-corrected chi connectivity index (χ2v) is 8.87. The Labute approximate surface area is 188 Å². The van der Waals surface area contributed by atoms with Gasteiger partial charge in [0.1, 0.15) is 0 Å². The van der Waals surface area contributed by atoms with Crippen LogP contribution in [-0.2, 0) is 7.05 Å². The van der Waals surface area contributed by atoms with Gasteiger partial charge in [0.15, 0.2) is 0 Å². The molecule has 1 aromatic carbocycles. The lowest BCUT2D eigenvalue weighted by Gasteiger charge is -2.23. The first-order valence-electron chi connectivity index (χ1n) is 10.8. The van der Waals surface area contributed by atoms with E-state index in [0.717, 1.165) is 53.8 Å². The number of anilines is 1. The van der Waals surface area contributed by atoms with Gasteiger partial charge in [0.25, 0.3) is 5.56 Å². The number of nitrogens with zero attached hydrogens (tertiary/aromatic N) is 3. The average molecular weight is 437 g/mol. The van der Waals surface area contributed by atoms with E-state index in [4.69, 9.17) is 16.7 Å². The molecule has 0 aliphatic heterocycles. The molecular formula is C25H29ClN4O. The van der Waals surface area contributed by atoms with Crippen LogP contribution in [0.3, 0.4) is 0 Å². The van der Waals surface area contributed by atoms with Gasteiger partial charge in [-0.25, -0.2) is 0 Å². The van der Waals surface area contributed by atoms with E-state index in [0.29, 0.717) is 16.6 Å². The Hall–Kier alpha value is -2.79. The molecule has 1 aliphatic rings. The van der Waals surface area contributed by atoms with Crippen molar-refractivity contribution in [3.05, 3.63) is 87.1 Å². The maximum absolute atomic E-state index is 12.2. The van der Waals surface area contributed by atoms with Gasteiger partial charge in [0.2, 0.25) is 0 Å². The summed E-state index contributed by atoms with van der Waals surface area (Å²) >= 11 is 6.17. The summed E-state index contributed by atoms with van der Waals surface area (Å²) < 4.78 is 3.77. The van der Waals surface area contributed by atoms with Gasteiger partial charge in [0, 0.05) is 29.4 Å². The van der Waals surface area contributed by atoms with Crippen molar-refractivity contribution in [2.75, 3.05) is 5.32 Å². The van der Waals surface area contributed by atoms with Gasteiger partial charge in [-0.2, -0.15) is 5.10 Å². The molecule has 31 heavy (non-hydrogen) atoms. The van der Waals surface area contributed by atoms with Crippen LogP contribution in [0.2, 0.25) is 5.02 Å². The molecule has 0 amide bonds. The fourth-order valence-electron chi connectivity index (χ4n) is 4.09. The number of halogens is 1. The van der Waals surface area contributed by atoms with E-state index in [1.807, 2.05) is 49.6 Å². The minimum Gasteiger partial charge on any atom is -0.373 e. The summed E-state index contributed by atoms with van der Waals surface area (Å²) in [6.45, 7) is 8.41. The SMILES string of the molecule is C=C(CCC)c1c(C(Nc2cc(C)c(=O)n(C)c2)c2ccc(Cl)cc2)cnn1C1CC1. The summed E-state index contributed by atoms with van der Waals surface area (Å²) in [4.78, 5) is 12.2. The van der Waals surface area contributed by atoms with Gasteiger partial charge < -0.3 is 9.88 Å².